The molecule has 0 saturated heterocycles. The van der Waals surface area contributed by atoms with Crippen molar-refractivity contribution in [1.82, 2.24) is 14.8 Å². The highest BCUT2D eigenvalue weighted by Gasteiger charge is 2.22. The molecule has 1 unspecified atom stereocenters. The van der Waals surface area contributed by atoms with E-state index in [0.29, 0.717) is 11.7 Å². The fourth-order valence-corrected chi connectivity index (χ4v) is 3.91. The molecule has 0 aliphatic carbocycles. The van der Waals surface area contributed by atoms with Gasteiger partial charge in [0.15, 0.2) is 11.0 Å². The Morgan fingerprint density at radius 1 is 1.30 bits per heavy atom. The van der Waals surface area contributed by atoms with Gasteiger partial charge in [0.05, 0.1) is 20.9 Å². The second-order valence-electron chi connectivity index (χ2n) is 6.59. The zero-order valence-electron chi connectivity index (χ0n) is 16.6. The van der Waals surface area contributed by atoms with Gasteiger partial charge in [-0.05, 0) is 32.9 Å². The van der Waals surface area contributed by atoms with Crippen LogP contribution in [0, 0.1) is 17.0 Å². The number of carbonyl (C=O) groups excluding carboxylic acids is 1. The number of hydrogen-bond donors (Lipinski definition) is 1. The van der Waals surface area contributed by atoms with Gasteiger partial charge in [0.1, 0.15) is 0 Å². The molecule has 0 aliphatic heterocycles. The van der Waals surface area contributed by atoms with Crippen LogP contribution in [-0.2, 0) is 11.3 Å². The van der Waals surface area contributed by atoms with E-state index < -0.39 is 10.2 Å². The Morgan fingerprint density at radius 2 is 2.07 bits per heavy atom. The topological polar surface area (TPSA) is 103 Å². The minimum Gasteiger partial charge on any atom is -0.324 e. The van der Waals surface area contributed by atoms with Crippen LogP contribution < -0.4 is 5.32 Å². The third-order valence-electron chi connectivity index (χ3n) is 4.38. The molecule has 156 valence electrons. The van der Waals surface area contributed by atoms with Gasteiger partial charge in [-0.3, -0.25) is 14.9 Å². The van der Waals surface area contributed by atoms with E-state index >= 15 is 0 Å². The summed E-state index contributed by atoms with van der Waals surface area (Å²) < 4.78 is 1.95. The fraction of sp³-hybridized carbons (Fsp3) is 0.250. The SMILES string of the molecule is CCn1c(SC(C)C(=O)Nc2cc([N+](=O)[O-])ccc2Cl)nnc1-c1cccc(C)c1. The molecule has 1 amide bonds. The molecule has 1 atom stereocenters. The Hall–Kier alpha value is -2.91. The van der Waals surface area contributed by atoms with E-state index in [4.69, 9.17) is 11.6 Å². The summed E-state index contributed by atoms with van der Waals surface area (Å²) in [7, 11) is 0. The van der Waals surface area contributed by atoms with Crippen LogP contribution in [0.1, 0.15) is 19.4 Å². The van der Waals surface area contributed by atoms with Crippen molar-refractivity contribution in [2.24, 2.45) is 0 Å². The van der Waals surface area contributed by atoms with E-state index in [9.17, 15) is 14.9 Å². The third-order valence-corrected chi connectivity index (χ3v) is 5.79. The lowest BCUT2D eigenvalue weighted by atomic mass is 10.1. The van der Waals surface area contributed by atoms with Crippen molar-refractivity contribution in [2.75, 3.05) is 5.32 Å². The molecule has 0 spiro atoms. The Morgan fingerprint density at radius 3 is 2.73 bits per heavy atom. The number of anilines is 1. The Balaban J connectivity index is 1.78. The van der Waals surface area contributed by atoms with Crippen molar-refractivity contribution >= 4 is 40.6 Å². The number of nitrogens with zero attached hydrogens (tertiary/aromatic N) is 4. The van der Waals surface area contributed by atoms with Crippen LogP contribution in [0.5, 0.6) is 0 Å². The molecular weight excluding hydrogens is 426 g/mol. The van der Waals surface area contributed by atoms with Gasteiger partial charge in [-0.15, -0.1) is 10.2 Å². The normalized spacial score (nSPS) is 11.9. The third kappa shape index (κ3) is 4.80. The van der Waals surface area contributed by atoms with Crippen molar-refractivity contribution in [1.29, 1.82) is 0 Å². The molecule has 10 heteroatoms. The predicted octanol–water partition coefficient (Wildman–Crippen LogP) is 4.95. The van der Waals surface area contributed by atoms with Gasteiger partial charge in [0.2, 0.25) is 5.91 Å². The largest absolute Gasteiger partial charge is 0.324 e. The van der Waals surface area contributed by atoms with E-state index in [0.717, 1.165) is 17.0 Å². The molecule has 2 aromatic carbocycles. The number of nitro benzene ring substituents is 1. The summed E-state index contributed by atoms with van der Waals surface area (Å²) >= 11 is 7.33. The summed E-state index contributed by atoms with van der Waals surface area (Å²) in [6.07, 6.45) is 0. The highest BCUT2D eigenvalue weighted by molar-refractivity contribution is 8.00. The summed E-state index contributed by atoms with van der Waals surface area (Å²) in [5.41, 5.74) is 2.12. The first kappa shape index (κ1) is 21.8. The summed E-state index contributed by atoms with van der Waals surface area (Å²) in [6.45, 7) is 6.37. The van der Waals surface area contributed by atoms with Crippen LogP contribution >= 0.6 is 23.4 Å². The Bertz CT molecular complexity index is 1100. The van der Waals surface area contributed by atoms with Crippen molar-refractivity contribution in [3.05, 3.63) is 63.2 Å². The lowest BCUT2D eigenvalue weighted by molar-refractivity contribution is -0.384. The first-order valence-corrected chi connectivity index (χ1v) is 10.5. The van der Waals surface area contributed by atoms with Gasteiger partial charge in [0.25, 0.3) is 5.69 Å². The summed E-state index contributed by atoms with van der Waals surface area (Å²) in [4.78, 5) is 23.1. The Labute approximate surface area is 182 Å². The number of benzene rings is 2. The molecule has 3 aromatic rings. The predicted molar refractivity (Wildman–Crippen MR) is 118 cm³/mol. The van der Waals surface area contributed by atoms with E-state index in [1.807, 2.05) is 42.7 Å². The molecule has 0 radical (unpaired) electrons. The fourth-order valence-electron chi connectivity index (χ4n) is 2.83. The number of non-ortho nitro benzene ring substituents is 1. The van der Waals surface area contributed by atoms with Crippen LogP contribution in [0.15, 0.2) is 47.6 Å². The maximum Gasteiger partial charge on any atom is 0.271 e. The van der Waals surface area contributed by atoms with Crippen LogP contribution in [0.3, 0.4) is 0 Å². The molecule has 30 heavy (non-hydrogen) atoms. The molecule has 0 fully saturated rings. The number of aromatic nitrogens is 3. The molecule has 1 N–H and O–H groups in total. The zero-order chi connectivity index (χ0) is 21.8. The van der Waals surface area contributed by atoms with E-state index in [1.165, 1.54) is 30.0 Å². The number of amides is 1. The Kier molecular flexibility index (Phi) is 6.73. The molecule has 0 saturated carbocycles. The van der Waals surface area contributed by atoms with Gasteiger partial charge >= 0.3 is 0 Å². The number of rotatable bonds is 7. The maximum absolute atomic E-state index is 12.7. The second-order valence-corrected chi connectivity index (χ2v) is 8.31. The summed E-state index contributed by atoms with van der Waals surface area (Å²) in [5.74, 6) is 0.392. The van der Waals surface area contributed by atoms with E-state index in [1.54, 1.807) is 6.92 Å². The minimum absolute atomic E-state index is 0.150. The number of nitro groups is 1. The lowest BCUT2D eigenvalue weighted by Gasteiger charge is -2.13. The average Bonchev–Trinajstić information content (AvgIpc) is 3.11. The lowest BCUT2D eigenvalue weighted by Crippen LogP contribution is -2.23. The zero-order valence-corrected chi connectivity index (χ0v) is 18.2. The van der Waals surface area contributed by atoms with E-state index in [2.05, 4.69) is 15.5 Å². The molecule has 0 aliphatic rings. The van der Waals surface area contributed by atoms with E-state index in [-0.39, 0.29) is 22.3 Å². The standard InChI is InChI=1S/C20H20ClN5O3S/c1-4-25-18(14-7-5-6-12(2)10-14)23-24-20(25)30-13(3)19(27)22-17-11-15(26(28)29)8-9-16(17)21/h5-11,13H,4H2,1-3H3,(H,22,27). The second kappa shape index (κ2) is 9.27. The maximum atomic E-state index is 12.7. The molecule has 0 bridgehead atoms. The molecule has 1 heterocycles. The van der Waals surface area contributed by atoms with Crippen molar-refractivity contribution in [2.45, 2.75) is 37.7 Å². The summed E-state index contributed by atoms with van der Waals surface area (Å²) in [5, 5.41) is 22.5. The van der Waals surface area contributed by atoms with Gasteiger partial charge in [-0.1, -0.05) is 47.1 Å². The average molecular weight is 446 g/mol. The smallest absolute Gasteiger partial charge is 0.271 e. The molecular formula is C20H20ClN5O3S. The number of carbonyl (C=O) groups is 1. The quantitative estimate of drug-likeness (QED) is 0.313. The molecule has 8 nitrogen and oxygen atoms in total. The monoisotopic (exact) mass is 445 g/mol. The highest BCUT2D eigenvalue weighted by atomic mass is 35.5. The van der Waals surface area contributed by atoms with Crippen molar-refractivity contribution in [3.8, 4) is 11.4 Å². The summed E-state index contributed by atoms with van der Waals surface area (Å²) in [6, 6.07) is 11.9. The van der Waals surface area contributed by atoms with Gasteiger partial charge in [-0.2, -0.15) is 0 Å². The van der Waals surface area contributed by atoms with Crippen LogP contribution in [0.4, 0.5) is 11.4 Å². The first-order valence-electron chi connectivity index (χ1n) is 9.21. The van der Waals surface area contributed by atoms with Gasteiger partial charge < -0.3 is 9.88 Å². The number of hydrogen-bond acceptors (Lipinski definition) is 6. The van der Waals surface area contributed by atoms with Crippen LogP contribution in [0.25, 0.3) is 11.4 Å². The molecule has 3 rings (SSSR count). The van der Waals surface area contributed by atoms with Gasteiger partial charge in [0, 0.05) is 24.2 Å². The number of aryl methyl sites for hydroxylation is 1. The van der Waals surface area contributed by atoms with Crippen LogP contribution in [-0.4, -0.2) is 30.8 Å². The number of halogens is 1. The highest BCUT2D eigenvalue weighted by Crippen LogP contribution is 2.30. The van der Waals surface area contributed by atoms with Gasteiger partial charge in [-0.25, -0.2) is 0 Å². The minimum atomic E-state index is -0.541. The van der Waals surface area contributed by atoms with Crippen LogP contribution in [0.2, 0.25) is 5.02 Å². The van der Waals surface area contributed by atoms with Crippen molar-refractivity contribution < 1.29 is 9.72 Å². The van der Waals surface area contributed by atoms with Crippen molar-refractivity contribution in [3.63, 3.8) is 0 Å². The molecule has 1 aromatic heterocycles. The number of thioether (sulfide) groups is 1. The number of nitrogens with one attached hydrogen (secondary N) is 1. The first-order chi connectivity index (χ1) is 14.3.